The summed E-state index contributed by atoms with van der Waals surface area (Å²) >= 11 is 3.55. The summed E-state index contributed by atoms with van der Waals surface area (Å²) in [5.74, 6) is 1.45. The first-order valence-electron chi connectivity index (χ1n) is 6.22. The van der Waals surface area contributed by atoms with Crippen molar-refractivity contribution in [3.05, 3.63) is 28.2 Å². The molecule has 0 amide bonds. The van der Waals surface area contributed by atoms with Crippen LogP contribution in [0.4, 0.5) is 0 Å². The highest BCUT2D eigenvalue weighted by Crippen LogP contribution is 2.30. The van der Waals surface area contributed by atoms with Crippen LogP contribution < -0.4 is 10.5 Å². The summed E-state index contributed by atoms with van der Waals surface area (Å²) in [5, 5.41) is 0. The molecule has 17 heavy (non-hydrogen) atoms. The van der Waals surface area contributed by atoms with Crippen molar-refractivity contribution in [2.75, 3.05) is 6.61 Å². The molecule has 0 bridgehead atoms. The Balaban J connectivity index is 2.68. The van der Waals surface area contributed by atoms with Gasteiger partial charge in [-0.3, -0.25) is 0 Å². The van der Waals surface area contributed by atoms with E-state index in [9.17, 15) is 0 Å². The number of hydrogen-bond donors (Lipinski definition) is 1. The van der Waals surface area contributed by atoms with E-state index >= 15 is 0 Å². The van der Waals surface area contributed by atoms with E-state index in [0.29, 0.717) is 12.5 Å². The molecule has 1 aromatic carbocycles. The second kappa shape index (κ2) is 7.02. The molecule has 0 aliphatic rings. The maximum Gasteiger partial charge on any atom is 0.133 e. The number of nitrogens with two attached hydrogens (primary N) is 1. The Hall–Kier alpha value is -0.540. The summed E-state index contributed by atoms with van der Waals surface area (Å²) < 4.78 is 6.53. The Morgan fingerprint density at radius 2 is 2.00 bits per heavy atom. The van der Waals surface area contributed by atoms with Crippen molar-refractivity contribution in [3.63, 3.8) is 0 Å². The number of rotatable bonds is 6. The van der Waals surface area contributed by atoms with Gasteiger partial charge in [0.15, 0.2) is 0 Å². The molecule has 2 unspecified atom stereocenters. The summed E-state index contributed by atoms with van der Waals surface area (Å²) in [6.07, 6.45) is 2.18. The van der Waals surface area contributed by atoms with E-state index in [-0.39, 0.29) is 6.04 Å². The molecular weight excluding hydrogens is 278 g/mol. The Kier molecular flexibility index (Phi) is 6.00. The van der Waals surface area contributed by atoms with Crippen LogP contribution in [0, 0.1) is 0 Å². The minimum Gasteiger partial charge on any atom is -0.493 e. The molecule has 2 N–H and O–H groups in total. The summed E-state index contributed by atoms with van der Waals surface area (Å²) in [6.45, 7) is 6.98. The molecule has 96 valence electrons. The zero-order valence-corrected chi connectivity index (χ0v) is 12.5. The van der Waals surface area contributed by atoms with Crippen LogP contribution in [0.2, 0.25) is 0 Å². The molecule has 0 saturated heterocycles. The lowest BCUT2D eigenvalue weighted by Gasteiger charge is -2.15. The van der Waals surface area contributed by atoms with Gasteiger partial charge in [-0.25, -0.2) is 0 Å². The largest absolute Gasteiger partial charge is 0.493 e. The van der Waals surface area contributed by atoms with Gasteiger partial charge in [-0.05, 0) is 66.2 Å². The van der Waals surface area contributed by atoms with Gasteiger partial charge in [0.25, 0.3) is 0 Å². The van der Waals surface area contributed by atoms with E-state index in [0.717, 1.165) is 23.1 Å². The van der Waals surface area contributed by atoms with Gasteiger partial charge in [-0.2, -0.15) is 0 Å². The second-order valence-electron chi connectivity index (χ2n) is 4.58. The average Bonchev–Trinajstić information content (AvgIpc) is 2.28. The Bertz CT molecular complexity index is 352. The molecule has 0 radical (unpaired) electrons. The highest BCUT2D eigenvalue weighted by atomic mass is 79.9. The maximum absolute atomic E-state index is 5.78. The van der Waals surface area contributed by atoms with Crippen LogP contribution >= 0.6 is 15.9 Å². The quantitative estimate of drug-likeness (QED) is 0.859. The Morgan fingerprint density at radius 3 is 2.53 bits per heavy atom. The number of halogens is 1. The monoisotopic (exact) mass is 299 g/mol. The average molecular weight is 300 g/mol. The van der Waals surface area contributed by atoms with Crippen LogP contribution in [-0.4, -0.2) is 12.6 Å². The molecule has 3 heteroatoms. The fourth-order valence-electron chi connectivity index (χ4n) is 1.78. The van der Waals surface area contributed by atoms with Gasteiger partial charge in [-0.1, -0.05) is 13.0 Å². The molecule has 0 saturated carbocycles. The first-order chi connectivity index (χ1) is 8.04. The van der Waals surface area contributed by atoms with E-state index in [1.54, 1.807) is 0 Å². The van der Waals surface area contributed by atoms with Crippen molar-refractivity contribution >= 4 is 15.9 Å². The first kappa shape index (κ1) is 14.5. The number of ether oxygens (including phenoxy) is 1. The van der Waals surface area contributed by atoms with Crippen LogP contribution in [0.3, 0.4) is 0 Å². The smallest absolute Gasteiger partial charge is 0.133 e. The summed E-state index contributed by atoms with van der Waals surface area (Å²) in [6, 6.07) is 6.60. The van der Waals surface area contributed by atoms with Crippen LogP contribution in [-0.2, 0) is 0 Å². The Labute approximate surface area is 113 Å². The van der Waals surface area contributed by atoms with E-state index < -0.39 is 0 Å². The second-order valence-corrected chi connectivity index (χ2v) is 5.43. The molecule has 0 spiro atoms. The predicted octanol–water partition coefficient (Wildman–Crippen LogP) is 4.08. The number of hydrogen-bond acceptors (Lipinski definition) is 2. The topological polar surface area (TPSA) is 35.2 Å². The van der Waals surface area contributed by atoms with Gasteiger partial charge in [0.1, 0.15) is 5.75 Å². The molecule has 0 aliphatic heterocycles. The van der Waals surface area contributed by atoms with Crippen molar-refractivity contribution < 1.29 is 4.74 Å². The highest BCUT2D eigenvalue weighted by Gasteiger charge is 2.09. The fraction of sp³-hybridized carbons (Fsp3) is 0.571. The lowest BCUT2D eigenvalue weighted by Crippen LogP contribution is -2.15. The summed E-state index contributed by atoms with van der Waals surface area (Å²) in [5.41, 5.74) is 7.12. The Morgan fingerprint density at radius 1 is 1.29 bits per heavy atom. The third-order valence-electron chi connectivity index (χ3n) is 2.88. The van der Waals surface area contributed by atoms with Crippen molar-refractivity contribution in [1.82, 2.24) is 0 Å². The minimum atomic E-state index is 0.281. The molecule has 0 fully saturated rings. The van der Waals surface area contributed by atoms with Crippen LogP contribution in [0.1, 0.15) is 45.1 Å². The van der Waals surface area contributed by atoms with E-state index in [1.807, 2.05) is 13.0 Å². The van der Waals surface area contributed by atoms with Crippen LogP contribution in [0.25, 0.3) is 0 Å². The SMILES string of the molecule is CCOc1ccc(C(C)CCC(C)N)cc1Br. The lowest BCUT2D eigenvalue weighted by molar-refractivity contribution is 0.338. The van der Waals surface area contributed by atoms with Crippen LogP contribution in [0.5, 0.6) is 5.75 Å². The van der Waals surface area contributed by atoms with E-state index in [1.165, 1.54) is 5.56 Å². The maximum atomic E-state index is 5.78. The third kappa shape index (κ3) is 4.68. The molecule has 0 aliphatic carbocycles. The standard InChI is InChI=1S/C14H22BrNO/c1-4-17-14-8-7-12(9-13(14)15)10(2)5-6-11(3)16/h7-11H,4-6,16H2,1-3H3. The molecule has 1 rings (SSSR count). The van der Waals surface area contributed by atoms with Gasteiger partial charge >= 0.3 is 0 Å². The molecular formula is C14H22BrNO. The van der Waals surface area contributed by atoms with Gasteiger partial charge in [0.05, 0.1) is 11.1 Å². The summed E-state index contributed by atoms with van der Waals surface area (Å²) in [7, 11) is 0. The molecule has 2 atom stereocenters. The fourth-order valence-corrected chi connectivity index (χ4v) is 2.29. The van der Waals surface area contributed by atoms with Crippen molar-refractivity contribution in [2.45, 2.75) is 45.6 Å². The third-order valence-corrected chi connectivity index (χ3v) is 3.50. The lowest BCUT2D eigenvalue weighted by atomic mass is 9.95. The molecule has 0 aromatic heterocycles. The van der Waals surface area contributed by atoms with Crippen molar-refractivity contribution in [2.24, 2.45) is 5.73 Å². The van der Waals surface area contributed by atoms with E-state index in [2.05, 4.69) is 41.9 Å². The van der Waals surface area contributed by atoms with Gasteiger partial charge in [0.2, 0.25) is 0 Å². The van der Waals surface area contributed by atoms with Gasteiger partial charge < -0.3 is 10.5 Å². The minimum absolute atomic E-state index is 0.281. The highest BCUT2D eigenvalue weighted by molar-refractivity contribution is 9.10. The van der Waals surface area contributed by atoms with Gasteiger partial charge in [-0.15, -0.1) is 0 Å². The van der Waals surface area contributed by atoms with Crippen molar-refractivity contribution in [1.29, 1.82) is 0 Å². The molecule has 0 heterocycles. The first-order valence-corrected chi connectivity index (χ1v) is 7.01. The molecule has 1 aromatic rings. The van der Waals surface area contributed by atoms with E-state index in [4.69, 9.17) is 10.5 Å². The normalized spacial score (nSPS) is 14.4. The van der Waals surface area contributed by atoms with Crippen LogP contribution in [0.15, 0.2) is 22.7 Å². The van der Waals surface area contributed by atoms with Crippen molar-refractivity contribution in [3.8, 4) is 5.75 Å². The zero-order valence-electron chi connectivity index (χ0n) is 10.9. The zero-order chi connectivity index (χ0) is 12.8. The predicted molar refractivity (Wildman–Crippen MR) is 76.6 cm³/mol. The van der Waals surface area contributed by atoms with Gasteiger partial charge in [0, 0.05) is 6.04 Å². The molecule has 2 nitrogen and oxygen atoms in total. The number of benzene rings is 1. The summed E-state index contributed by atoms with van der Waals surface area (Å²) in [4.78, 5) is 0.